The first-order chi connectivity index (χ1) is 20.3. The van der Waals surface area contributed by atoms with Crippen LogP contribution in [0.2, 0.25) is 0 Å². The monoisotopic (exact) mass is 601 g/mol. The second kappa shape index (κ2) is 15.0. The minimum atomic E-state index is -1.06. The summed E-state index contributed by atoms with van der Waals surface area (Å²) in [6.45, 7) is 4.78. The highest BCUT2D eigenvalue weighted by Gasteiger charge is 2.34. The highest BCUT2D eigenvalue weighted by Crippen LogP contribution is 2.37. The lowest BCUT2D eigenvalue weighted by Crippen LogP contribution is -2.56. The number of unbranched alkanes of at least 4 members (excludes halogenated alkanes) is 1. The maximum Gasteiger partial charge on any atom is 0.409 e. The smallest absolute Gasteiger partial charge is 0.409 e. The molecule has 3 heterocycles. The Morgan fingerprint density at radius 2 is 1.81 bits per heavy atom. The third-order valence-corrected chi connectivity index (χ3v) is 8.60. The summed E-state index contributed by atoms with van der Waals surface area (Å²) >= 11 is 1.40. The number of piperazine rings is 1. The Morgan fingerprint density at radius 1 is 1.10 bits per heavy atom. The fourth-order valence-corrected chi connectivity index (χ4v) is 6.06. The van der Waals surface area contributed by atoms with Crippen LogP contribution in [0.5, 0.6) is 0 Å². The number of hydrogen-bond donors (Lipinski definition) is 2. The van der Waals surface area contributed by atoms with Crippen LogP contribution in [-0.2, 0) is 19.1 Å². The van der Waals surface area contributed by atoms with Gasteiger partial charge in [-0.05, 0) is 19.3 Å². The van der Waals surface area contributed by atoms with Gasteiger partial charge in [-0.3, -0.25) is 14.4 Å². The van der Waals surface area contributed by atoms with Gasteiger partial charge in [0.25, 0.3) is 5.91 Å². The number of aromatic nitrogens is 1. The predicted octanol–water partition coefficient (Wildman–Crippen LogP) is 3.08. The molecule has 3 amide bonds. The van der Waals surface area contributed by atoms with E-state index < -0.39 is 24.0 Å². The molecule has 1 aromatic heterocycles. The van der Waals surface area contributed by atoms with Crippen molar-refractivity contribution < 1.29 is 33.8 Å². The first kappa shape index (κ1) is 31.2. The zero-order chi connectivity index (χ0) is 30.1. The molecular formula is C29H39N5O7S. The molecule has 1 aromatic carbocycles. The number of nitrogens with one attached hydrogen (secondary N) is 1. The molecule has 0 radical (unpaired) electrons. The fraction of sp³-hybridized carbons (Fsp3) is 0.552. The number of methoxy groups -OCH3 is 1. The number of ether oxygens (including phenoxy) is 2. The highest BCUT2D eigenvalue weighted by atomic mass is 32.1. The van der Waals surface area contributed by atoms with Gasteiger partial charge in [0.05, 0.1) is 12.7 Å². The number of anilines is 1. The van der Waals surface area contributed by atoms with Gasteiger partial charge in [0.2, 0.25) is 5.91 Å². The van der Waals surface area contributed by atoms with Gasteiger partial charge in [-0.1, -0.05) is 55.0 Å². The van der Waals surface area contributed by atoms with E-state index in [1.54, 1.807) is 16.9 Å². The van der Waals surface area contributed by atoms with Crippen LogP contribution in [0.4, 0.5) is 9.80 Å². The van der Waals surface area contributed by atoms with Crippen molar-refractivity contribution in [2.45, 2.75) is 51.2 Å². The molecule has 13 heteroatoms. The van der Waals surface area contributed by atoms with Crippen LogP contribution < -0.4 is 10.2 Å². The number of benzene rings is 1. The van der Waals surface area contributed by atoms with E-state index in [9.17, 15) is 24.3 Å². The Bertz CT molecular complexity index is 1230. The van der Waals surface area contributed by atoms with Crippen LogP contribution in [0.1, 0.15) is 49.5 Å². The molecule has 2 saturated heterocycles. The second-order valence-corrected chi connectivity index (χ2v) is 11.3. The molecule has 0 spiro atoms. The van der Waals surface area contributed by atoms with E-state index in [1.165, 1.54) is 11.3 Å². The predicted molar refractivity (Wildman–Crippen MR) is 158 cm³/mol. The van der Waals surface area contributed by atoms with Gasteiger partial charge in [-0.15, -0.1) is 0 Å². The van der Waals surface area contributed by atoms with E-state index in [1.807, 2.05) is 37.3 Å². The minimum absolute atomic E-state index is 0.0377. The lowest BCUT2D eigenvalue weighted by Gasteiger charge is -2.36. The van der Waals surface area contributed by atoms with E-state index >= 15 is 0 Å². The fourth-order valence-electron chi connectivity index (χ4n) is 4.96. The van der Waals surface area contributed by atoms with Crippen LogP contribution in [0.3, 0.4) is 0 Å². The van der Waals surface area contributed by atoms with Gasteiger partial charge in [0.1, 0.15) is 16.1 Å². The molecule has 42 heavy (non-hydrogen) atoms. The molecule has 2 N–H and O–H groups in total. The van der Waals surface area contributed by atoms with Crippen LogP contribution in [0.15, 0.2) is 30.3 Å². The maximum atomic E-state index is 13.7. The summed E-state index contributed by atoms with van der Waals surface area (Å²) in [4.78, 5) is 60.8. The number of aliphatic carboxylic acids is 1. The first-order valence-corrected chi connectivity index (χ1v) is 15.2. The summed E-state index contributed by atoms with van der Waals surface area (Å²) in [5.74, 6) is -1.99. The molecule has 0 aliphatic carbocycles. The number of hydrogen-bond acceptors (Lipinski definition) is 9. The van der Waals surface area contributed by atoms with Crippen molar-refractivity contribution in [2.24, 2.45) is 0 Å². The highest BCUT2D eigenvalue weighted by molar-refractivity contribution is 7.19. The van der Waals surface area contributed by atoms with Gasteiger partial charge in [0.15, 0.2) is 5.69 Å². The number of amides is 3. The van der Waals surface area contributed by atoms with Gasteiger partial charge < -0.3 is 34.6 Å². The average Bonchev–Trinajstić information content (AvgIpc) is 3.67. The van der Waals surface area contributed by atoms with Crippen LogP contribution in [0, 0.1) is 0 Å². The molecule has 0 unspecified atom stereocenters. The second-order valence-electron chi connectivity index (χ2n) is 10.4. The molecule has 228 valence electrons. The molecule has 2 aliphatic heterocycles. The SMILES string of the molecule is CCCCOC(=O)N1CCN(C(=O)[C@H](CCC(=O)O)NC(=O)c2nc(-c3ccccc3)sc2N2CC[C@H](OC)C2)CC1. The molecule has 2 fully saturated rings. The average molecular weight is 602 g/mol. The van der Waals surface area contributed by atoms with Gasteiger partial charge >= 0.3 is 12.1 Å². The van der Waals surface area contributed by atoms with E-state index in [0.29, 0.717) is 42.8 Å². The Morgan fingerprint density at radius 3 is 2.45 bits per heavy atom. The summed E-state index contributed by atoms with van der Waals surface area (Å²) in [6, 6.07) is 8.49. The lowest BCUT2D eigenvalue weighted by atomic mass is 10.1. The van der Waals surface area contributed by atoms with Crippen molar-refractivity contribution >= 4 is 40.2 Å². The normalized spacial score (nSPS) is 17.7. The number of carbonyl (C=O) groups is 4. The Hall–Kier alpha value is -3.71. The first-order valence-electron chi connectivity index (χ1n) is 14.4. The van der Waals surface area contributed by atoms with Crippen molar-refractivity contribution in [3.05, 3.63) is 36.0 Å². The quantitative estimate of drug-likeness (QED) is 0.351. The maximum absolute atomic E-state index is 13.7. The van der Waals surface area contributed by atoms with Gasteiger partial charge in [0, 0.05) is 58.4 Å². The number of carboxylic acid groups (broad SMARTS) is 1. The Kier molecular flexibility index (Phi) is 11.1. The molecule has 4 rings (SSSR count). The van der Waals surface area contributed by atoms with Crippen LogP contribution in [0.25, 0.3) is 10.6 Å². The standard InChI is InChI=1S/C29H39N5O7S/c1-3-4-18-41-29(39)33-16-14-32(15-17-33)27(38)22(10-11-23(35)36)30-25(37)24-28(34-13-12-21(19-34)40-2)42-26(31-24)20-8-6-5-7-9-20/h5-9,21-22H,3-4,10-19H2,1-2H3,(H,30,37)(H,35,36)/t21-,22-/m0/s1. The number of nitrogens with zero attached hydrogens (tertiary/aromatic N) is 4. The zero-order valence-electron chi connectivity index (χ0n) is 24.1. The number of carboxylic acids is 1. The molecule has 2 atom stereocenters. The zero-order valence-corrected chi connectivity index (χ0v) is 24.9. The third-order valence-electron chi connectivity index (χ3n) is 7.43. The summed E-state index contributed by atoms with van der Waals surface area (Å²) in [6.07, 6.45) is 1.79. The van der Waals surface area contributed by atoms with Crippen molar-refractivity contribution in [1.29, 1.82) is 0 Å². The van der Waals surface area contributed by atoms with Gasteiger partial charge in [-0.2, -0.15) is 0 Å². The van der Waals surface area contributed by atoms with E-state index in [-0.39, 0.29) is 43.6 Å². The molecule has 0 bridgehead atoms. The van der Waals surface area contributed by atoms with Crippen LogP contribution in [-0.4, -0.2) is 109 Å². The number of thiazole rings is 1. The summed E-state index contributed by atoms with van der Waals surface area (Å²) in [5.41, 5.74) is 1.07. The van der Waals surface area contributed by atoms with Crippen molar-refractivity contribution in [3.8, 4) is 10.6 Å². The summed E-state index contributed by atoms with van der Waals surface area (Å²) < 4.78 is 10.8. The van der Waals surface area contributed by atoms with Crippen molar-refractivity contribution in [1.82, 2.24) is 20.1 Å². The molecule has 2 aliphatic rings. The Balaban J connectivity index is 1.49. The Labute approximate surface area is 249 Å². The molecular weight excluding hydrogens is 562 g/mol. The van der Waals surface area contributed by atoms with Crippen LogP contribution >= 0.6 is 11.3 Å². The van der Waals surface area contributed by atoms with E-state index in [4.69, 9.17) is 9.47 Å². The third kappa shape index (κ3) is 7.97. The molecule has 2 aromatic rings. The summed E-state index contributed by atoms with van der Waals surface area (Å²) in [7, 11) is 1.66. The number of carbonyl (C=O) groups excluding carboxylic acids is 3. The minimum Gasteiger partial charge on any atom is -0.481 e. The van der Waals surface area contributed by atoms with Gasteiger partial charge in [-0.25, -0.2) is 9.78 Å². The van der Waals surface area contributed by atoms with E-state index in [0.717, 1.165) is 24.8 Å². The van der Waals surface area contributed by atoms with Crippen molar-refractivity contribution in [3.63, 3.8) is 0 Å². The lowest BCUT2D eigenvalue weighted by molar-refractivity contribution is -0.138. The topological polar surface area (TPSA) is 142 Å². The number of rotatable bonds is 12. The summed E-state index contributed by atoms with van der Waals surface area (Å²) in [5, 5.41) is 13.5. The molecule has 12 nitrogen and oxygen atoms in total. The van der Waals surface area contributed by atoms with Crippen molar-refractivity contribution in [2.75, 3.05) is 57.9 Å². The largest absolute Gasteiger partial charge is 0.481 e. The van der Waals surface area contributed by atoms with E-state index in [2.05, 4.69) is 15.2 Å². The molecule has 0 saturated carbocycles.